The molecule has 0 aliphatic heterocycles. The first-order valence-electron chi connectivity index (χ1n) is 8.17. The van der Waals surface area contributed by atoms with Crippen LogP contribution in [0.25, 0.3) is 6.08 Å². The molecule has 0 aromatic heterocycles. The van der Waals surface area contributed by atoms with E-state index in [0.29, 0.717) is 25.1 Å². The number of methoxy groups -OCH3 is 2. The topological polar surface area (TPSA) is 99.0 Å². The molecule has 142 valence electrons. The predicted molar refractivity (Wildman–Crippen MR) is 96.4 cm³/mol. The minimum absolute atomic E-state index is 0.0124. The van der Waals surface area contributed by atoms with Gasteiger partial charge < -0.3 is 14.4 Å². The van der Waals surface area contributed by atoms with E-state index in [1.165, 1.54) is 25.3 Å². The van der Waals surface area contributed by atoms with Gasteiger partial charge in [-0.25, -0.2) is 0 Å². The number of hydrogen-bond acceptors (Lipinski definition) is 6. The summed E-state index contributed by atoms with van der Waals surface area (Å²) in [4.78, 5) is 35.8. The van der Waals surface area contributed by atoms with Crippen molar-refractivity contribution < 1.29 is 24.0 Å². The van der Waals surface area contributed by atoms with Gasteiger partial charge in [0.25, 0.3) is 5.69 Å². The maximum Gasteiger partial charge on any atom is 0.310 e. The van der Waals surface area contributed by atoms with Crippen LogP contribution in [0.15, 0.2) is 30.3 Å². The summed E-state index contributed by atoms with van der Waals surface area (Å²) in [6.07, 6.45) is 3.61. The standard InChI is InChI=1S/C18H24N2O6/c1-14(18(22)26-3)13-19(11-4-12-25-2)17(21)10-7-15-5-8-16(9-6-15)20(23)24/h5-10,14H,4,11-13H2,1-3H3/b10-7+. The fraction of sp³-hybridized carbons (Fsp3) is 0.444. The maximum absolute atomic E-state index is 12.5. The van der Waals surface area contributed by atoms with Gasteiger partial charge in [-0.15, -0.1) is 0 Å². The van der Waals surface area contributed by atoms with Crippen molar-refractivity contribution in [3.63, 3.8) is 0 Å². The molecule has 1 amide bonds. The van der Waals surface area contributed by atoms with Crippen LogP contribution in [-0.2, 0) is 19.1 Å². The van der Waals surface area contributed by atoms with Crippen molar-refractivity contribution in [2.75, 3.05) is 33.9 Å². The third kappa shape index (κ3) is 7.02. The molecule has 0 bridgehead atoms. The van der Waals surface area contributed by atoms with Crippen LogP contribution in [0.3, 0.4) is 0 Å². The smallest absolute Gasteiger partial charge is 0.310 e. The summed E-state index contributed by atoms with van der Waals surface area (Å²) < 4.78 is 9.71. The lowest BCUT2D eigenvalue weighted by Gasteiger charge is -2.23. The molecule has 0 aliphatic carbocycles. The molecule has 26 heavy (non-hydrogen) atoms. The third-order valence-corrected chi connectivity index (χ3v) is 3.71. The van der Waals surface area contributed by atoms with E-state index >= 15 is 0 Å². The van der Waals surface area contributed by atoms with Crippen LogP contribution in [0.2, 0.25) is 0 Å². The highest BCUT2D eigenvalue weighted by molar-refractivity contribution is 5.92. The molecule has 0 radical (unpaired) electrons. The Labute approximate surface area is 152 Å². The zero-order valence-corrected chi connectivity index (χ0v) is 15.2. The van der Waals surface area contributed by atoms with Crippen LogP contribution < -0.4 is 0 Å². The number of rotatable bonds is 10. The number of ether oxygens (including phenoxy) is 2. The molecule has 1 aromatic rings. The number of nitrogens with zero attached hydrogens (tertiary/aromatic N) is 2. The minimum atomic E-state index is -0.482. The second-order valence-electron chi connectivity index (χ2n) is 5.74. The molecule has 0 aliphatic rings. The number of esters is 1. The van der Waals surface area contributed by atoms with Crippen molar-refractivity contribution in [3.8, 4) is 0 Å². The van der Waals surface area contributed by atoms with Gasteiger partial charge in [-0.3, -0.25) is 19.7 Å². The van der Waals surface area contributed by atoms with E-state index in [9.17, 15) is 19.7 Å². The molecule has 1 aromatic carbocycles. The van der Waals surface area contributed by atoms with Gasteiger partial charge in [-0.1, -0.05) is 6.92 Å². The van der Waals surface area contributed by atoms with Gasteiger partial charge in [-0.05, 0) is 30.2 Å². The number of hydrogen-bond donors (Lipinski definition) is 0. The summed E-state index contributed by atoms with van der Waals surface area (Å²) in [5.74, 6) is -1.08. The average Bonchev–Trinajstić information content (AvgIpc) is 2.64. The Bertz CT molecular complexity index is 642. The molecule has 0 N–H and O–H groups in total. The number of carbonyl (C=O) groups is 2. The van der Waals surface area contributed by atoms with E-state index in [2.05, 4.69) is 0 Å². The summed E-state index contributed by atoms with van der Waals surface area (Å²) >= 11 is 0. The summed E-state index contributed by atoms with van der Waals surface area (Å²) in [7, 11) is 2.89. The van der Waals surface area contributed by atoms with Crippen LogP contribution in [0.1, 0.15) is 18.9 Å². The molecule has 0 spiro atoms. The summed E-state index contributed by atoms with van der Waals surface area (Å²) in [6, 6.07) is 5.88. The molecule has 0 saturated carbocycles. The Morgan fingerprint density at radius 1 is 1.27 bits per heavy atom. The van der Waals surface area contributed by atoms with E-state index in [1.54, 1.807) is 37.1 Å². The van der Waals surface area contributed by atoms with Crippen molar-refractivity contribution in [1.29, 1.82) is 0 Å². The van der Waals surface area contributed by atoms with Gasteiger partial charge in [0, 0.05) is 45.0 Å². The second-order valence-corrected chi connectivity index (χ2v) is 5.74. The Morgan fingerprint density at radius 2 is 1.92 bits per heavy atom. The van der Waals surface area contributed by atoms with Gasteiger partial charge in [0.1, 0.15) is 0 Å². The van der Waals surface area contributed by atoms with Gasteiger partial charge in [0.15, 0.2) is 0 Å². The lowest BCUT2D eigenvalue weighted by atomic mass is 10.1. The summed E-state index contributed by atoms with van der Waals surface area (Å²) in [5, 5.41) is 10.7. The number of nitro groups is 1. The zero-order chi connectivity index (χ0) is 19.5. The van der Waals surface area contributed by atoms with Crippen LogP contribution in [0.5, 0.6) is 0 Å². The quantitative estimate of drug-likeness (QED) is 0.208. The first kappa shape index (κ1) is 21.3. The Kier molecular flexibility index (Phi) is 9.00. The highest BCUT2D eigenvalue weighted by atomic mass is 16.6. The van der Waals surface area contributed by atoms with Crippen molar-refractivity contribution in [2.24, 2.45) is 5.92 Å². The maximum atomic E-state index is 12.5. The summed E-state index contributed by atoms with van der Waals surface area (Å²) in [5.41, 5.74) is 0.656. The van der Waals surface area contributed by atoms with E-state index in [4.69, 9.17) is 9.47 Å². The van der Waals surface area contributed by atoms with E-state index < -0.39 is 10.8 Å². The fourth-order valence-electron chi connectivity index (χ4n) is 2.28. The zero-order valence-electron chi connectivity index (χ0n) is 15.2. The van der Waals surface area contributed by atoms with Crippen molar-refractivity contribution in [1.82, 2.24) is 4.90 Å². The van der Waals surface area contributed by atoms with Gasteiger partial charge in [0.05, 0.1) is 18.0 Å². The molecule has 1 rings (SSSR count). The number of amides is 1. The van der Waals surface area contributed by atoms with Gasteiger partial charge in [0.2, 0.25) is 5.91 Å². The molecular formula is C18H24N2O6. The van der Waals surface area contributed by atoms with E-state index in [-0.39, 0.29) is 24.1 Å². The molecule has 8 nitrogen and oxygen atoms in total. The average molecular weight is 364 g/mol. The highest BCUT2D eigenvalue weighted by Gasteiger charge is 2.20. The van der Waals surface area contributed by atoms with Crippen molar-refractivity contribution in [2.45, 2.75) is 13.3 Å². The molecule has 1 atom stereocenters. The van der Waals surface area contributed by atoms with Crippen LogP contribution in [-0.4, -0.2) is 55.6 Å². The molecular weight excluding hydrogens is 340 g/mol. The number of nitro benzene ring substituents is 1. The molecule has 1 unspecified atom stereocenters. The van der Waals surface area contributed by atoms with Gasteiger partial charge in [-0.2, -0.15) is 0 Å². The second kappa shape index (κ2) is 11.0. The van der Waals surface area contributed by atoms with Crippen LogP contribution >= 0.6 is 0 Å². The first-order chi connectivity index (χ1) is 12.4. The molecule has 0 saturated heterocycles. The monoisotopic (exact) mass is 364 g/mol. The number of non-ortho nitro benzene ring substituents is 1. The molecule has 8 heteroatoms. The van der Waals surface area contributed by atoms with Crippen LogP contribution in [0, 0.1) is 16.0 Å². The largest absolute Gasteiger partial charge is 0.469 e. The molecule has 0 heterocycles. The first-order valence-corrected chi connectivity index (χ1v) is 8.17. The third-order valence-electron chi connectivity index (χ3n) is 3.71. The normalized spacial score (nSPS) is 12.0. The minimum Gasteiger partial charge on any atom is -0.469 e. The lowest BCUT2D eigenvalue weighted by Crippen LogP contribution is -2.37. The lowest BCUT2D eigenvalue weighted by molar-refractivity contribution is -0.384. The fourth-order valence-corrected chi connectivity index (χ4v) is 2.28. The SMILES string of the molecule is COCCCN(CC(C)C(=O)OC)C(=O)/C=C/c1ccc([N+](=O)[O-])cc1. The number of carbonyl (C=O) groups excluding carboxylic acids is 2. The highest BCUT2D eigenvalue weighted by Crippen LogP contribution is 2.13. The van der Waals surface area contributed by atoms with Crippen molar-refractivity contribution in [3.05, 3.63) is 46.0 Å². The van der Waals surface area contributed by atoms with Gasteiger partial charge >= 0.3 is 5.97 Å². The predicted octanol–water partition coefficient (Wildman–Crippen LogP) is 2.28. The molecule has 0 fully saturated rings. The number of benzene rings is 1. The van der Waals surface area contributed by atoms with Crippen LogP contribution in [0.4, 0.5) is 5.69 Å². The van der Waals surface area contributed by atoms with E-state index in [1.807, 2.05) is 0 Å². The Balaban J connectivity index is 2.78. The Morgan fingerprint density at radius 3 is 2.46 bits per heavy atom. The van der Waals surface area contributed by atoms with Crippen molar-refractivity contribution >= 4 is 23.6 Å². The Hall–Kier alpha value is -2.74. The van der Waals surface area contributed by atoms with E-state index in [0.717, 1.165) is 0 Å². The summed E-state index contributed by atoms with van der Waals surface area (Å²) in [6.45, 7) is 2.88.